The molecule has 0 radical (unpaired) electrons. The molecular weight excluding hydrogens is 338 g/mol. The number of hydrogen-bond donors (Lipinski definition) is 1. The minimum atomic E-state index is -1.02. The second-order valence-corrected chi connectivity index (χ2v) is 5.28. The summed E-state index contributed by atoms with van der Waals surface area (Å²) in [6.07, 6.45) is -1.02. The number of benzene rings is 2. The molecule has 1 atom stereocenters. The van der Waals surface area contributed by atoms with Crippen LogP contribution >= 0.6 is 0 Å². The zero-order valence-electron chi connectivity index (χ0n) is 15.1. The Labute approximate surface area is 151 Å². The largest absolute Gasteiger partial charge is 0.495 e. The standard InChI is InChI=1S/C19H21NO6/c1-12(18(21)20-14-9-5-6-10-15(14)23-2)26-19(22)13-8-7-11-16(24-3)17(13)25-4/h5-12H,1-4H3,(H,20,21)/t12-/m1/s1. The van der Waals surface area contributed by atoms with Crippen LogP contribution in [0.4, 0.5) is 5.69 Å². The maximum atomic E-state index is 12.4. The average molecular weight is 359 g/mol. The highest BCUT2D eigenvalue weighted by Gasteiger charge is 2.23. The summed E-state index contributed by atoms with van der Waals surface area (Å²) < 4.78 is 20.8. The van der Waals surface area contributed by atoms with Crippen molar-refractivity contribution in [2.24, 2.45) is 0 Å². The van der Waals surface area contributed by atoms with E-state index in [0.29, 0.717) is 17.2 Å². The lowest BCUT2D eigenvalue weighted by molar-refractivity contribution is -0.123. The Balaban J connectivity index is 2.10. The van der Waals surface area contributed by atoms with E-state index in [1.165, 1.54) is 34.3 Å². The van der Waals surface area contributed by atoms with E-state index in [2.05, 4.69) is 5.32 Å². The van der Waals surface area contributed by atoms with E-state index in [4.69, 9.17) is 18.9 Å². The van der Waals surface area contributed by atoms with Crippen LogP contribution in [-0.4, -0.2) is 39.3 Å². The number of methoxy groups -OCH3 is 3. The third-order valence-electron chi connectivity index (χ3n) is 3.64. The second-order valence-electron chi connectivity index (χ2n) is 5.28. The van der Waals surface area contributed by atoms with Crippen LogP contribution in [0.3, 0.4) is 0 Å². The molecule has 0 heterocycles. The van der Waals surface area contributed by atoms with E-state index < -0.39 is 18.0 Å². The number of rotatable bonds is 7. The number of ether oxygens (including phenoxy) is 4. The fourth-order valence-corrected chi connectivity index (χ4v) is 2.31. The first kappa shape index (κ1) is 19.1. The number of nitrogens with one attached hydrogen (secondary N) is 1. The van der Waals surface area contributed by atoms with Gasteiger partial charge in [0.25, 0.3) is 5.91 Å². The molecule has 1 amide bonds. The van der Waals surface area contributed by atoms with Gasteiger partial charge in [0.05, 0.1) is 27.0 Å². The van der Waals surface area contributed by atoms with Gasteiger partial charge in [0.2, 0.25) is 0 Å². The van der Waals surface area contributed by atoms with E-state index in [1.807, 2.05) is 0 Å². The fourth-order valence-electron chi connectivity index (χ4n) is 2.31. The molecule has 0 saturated heterocycles. The Kier molecular flexibility index (Phi) is 6.43. The molecule has 0 aromatic heterocycles. The average Bonchev–Trinajstić information content (AvgIpc) is 2.67. The molecule has 7 heteroatoms. The molecule has 0 saturated carbocycles. The normalized spacial score (nSPS) is 11.2. The van der Waals surface area contributed by atoms with Crippen molar-refractivity contribution in [2.75, 3.05) is 26.6 Å². The Morgan fingerprint density at radius 2 is 1.54 bits per heavy atom. The van der Waals surface area contributed by atoms with Gasteiger partial charge < -0.3 is 24.3 Å². The number of para-hydroxylation sites is 3. The number of amides is 1. The summed E-state index contributed by atoms with van der Waals surface area (Å²) in [6, 6.07) is 11.8. The summed E-state index contributed by atoms with van der Waals surface area (Å²) in [7, 11) is 4.40. The van der Waals surface area contributed by atoms with E-state index in [-0.39, 0.29) is 11.3 Å². The van der Waals surface area contributed by atoms with E-state index in [1.54, 1.807) is 36.4 Å². The quantitative estimate of drug-likeness (QED) is 0.766. The lowest BCUT2D eigenvalue weighted by atomic mass is 10.2. The number of carbonyl (C=O) groups is 2. The Hall–Kier alpha value is -3.22. The number of esters is 1. The van der Waals surface area contributed by atoms with Gasteiger partial charge in [-0.05, 0) is 31.2 Å². The van der Waals surface area contributed by atoms with Crippen LogP contribution in [0.25, 0.3) is 0 Å². The summed E-state index contributed by atoms with van der Waals surface area (Å²) in [5.41, 5.74) is 0.658. The van der Waals surface area contributed by atoms with Crippen molar-refractivity contribution in [1.82, 2.24) is 0 Å². The first-order valence-corrected chi connectivity index (χ1v) is 7.87. The van der Waals surface area contributed by atoms with Gasteiger partial charge in [-0.3, -0.25) is 4.79 Å². The van der Waals surface area contributed by atoms with Crippen LogP contribution in [0, 0.1) is 0 Å². The van der Waals surface area contributed by atoms with Gasteiger partial charge in [-0.15, -0.1) is 0 Å². The van der Waals surface area contributed by atoms with Crippen molar-refractivity contribution in [3.63, 3.8) is 0 Å². The van der Waals surface area contributed by atoms with Gasteiger partial charge in [-0.2, -0.15) is 0 Å². The van der Waals surface area contributed by atoms with Gasteiger partial charge in [-0.25, -0.2) is 4.79 Å². The highest BCUT2D eigenvalue weighted by atomic mass is 16.6. The molecule has 0 aliphatic rings. The molecule has 0 bridgehead atoms. The fraction of sp³-hybridized carbons (Fsp3) is 0.263. The van der Waals surface area contributed by atoms with Gasteiger partial charge in [0.1, 0.15) is 11.3 Å². The Morgan fingerprint density at radius 3 is 2.19 bits per heavy atom. The molecular formula is C19H21NO6. The van der Waals surface area contributed by atoms with Crippen LogP contribution in [0.15, 0.2) is 42.5 Å². The third-order valence-corrected chi connectivity index (χ3v) is 3.64. The molecule has 2 aromatic carbocycles. The number of hydrogen-bond acceptors (Lipinski definition) is 6. The third kappa shape index (κ3) is 4.24. The molecule has 0 unspecified atom stereocenters. The van der Waals surface area contributed by atoms with Gasteiger partial charge >= 0.3 is 5.97 Å². The van der Waals surface area contributed by atoms with E-state index in [9.17, 15) is 9.59 Å². The predicted octanol–water partition coefficient (Wildman–Crippen LogP) is 2.90. The van der Waals surface area contributed by atoms with Gasteiger partial charge in [0.15, 0.2) is 17.6 Å². The predicted molar refractivity (Wildman–Crippen MR) is 96.0 cm³/mol. The smallest absolute Gasteiger partial charge is 0.342 e. The SMILES string of the molecule is COc1ccccc1NC(=O)[C@@H](C)OC(=O)c1cccc(OC)c1OC. The van der Waals surface area contributed by atoms with Gasteiger partial charge in [0, 0.05) is 0 Å². The van der Waals surface area contributed by atoms with Crippen molar-refractivity contribution in [1.29, 1.82) is 0 Å². The lowest BCUT2D eigenvalue weighted by Gasteiger charge is -2.16. The van der Waals surface area contributed by atoms with Crippen LogP contribution in [0.1, 0.15) is 17.3 Å². The maximum Gasteiger partial charge on any atom is 0.342 e. The monoisotopic (exact) mass is 359 g/mol. The summed E-state index contributed by atoms with van der Waals surface area (Å²) in [5, 5.41) is 2.67. The zero-order valence-corrected chi connectivity index (χ0v) is 15.1. The van der Waals surface area contributed by atoms with E-state index in [0.717, 1.165) is 0 Å². The molecule has 0 aliphatic heterocycles. The zero-order chi connectivity index (χ0) is 19.1. The van der Waals surface area contributed by atoms with Crippen molar-refractivity contribution in [3.05, 3.63) is 48.0 Å². The molecule has 0 spiro atoms. The lowest BCUT2D eigenvalue weighted by Crippen LogP contribution is -2.30. The summed E-state index contributed by atoms with van der Waals surface area (Å²) in [5.74, 6) is -0.0209. The Morgan fingerprint density at radius 1 is 0.885 bits per heavy atom. The molecule has 2 aromatic rings. The minimum Gasteiger partial charge on any atom is -0.495 e. The number of carbonyl (C=O) groups excluding carboxylic acids is 2. The highest BCUT2D eigenvalue weighted by Crippen LogP contribution is 2.31. The summed E-state index contributed by atoms with van der Waals surface area (Å²) in [4.78, 5) is 24.7. The summed E-state index contributed by atoms with van der Waals surface area (Å²) >= 11 is 0. The molecule has 138 valence electrons. The molecule has 1 N–H and O–H groups in total. The van der Waals surface area contributed by atoms with Crippen molar-refractivity contribution < 1.29 is 28.5 Å². The van der Waals surface area contributed by atoms with Crippen LogP contribution in [0.2, 0.25) is 0 Å². The highest BCUT2D eigenvalue weighted by molar-refractivity contribution is 5.99. The van der Waals surface area contributed by atoms with Crippen LogP contribution in [-0.2, 0) is 9.53 Å². The van der Waals surface area contributed by atoms with Crippen LogP contribution < -0.4 is 19.5 Å². The molecule has 0 fully saturated rings. The first-order valence-electron chi connectivity index (χ1n) is 7.87. The summed E-state index contributed by atoms with van der Waals surface area (Å²) in [6.45, 7) is 1.48. The topological polar surface area (TPSA) is 83.1 Å². The number of anilines is 1. The second kappa shape index (κ2) is 8.75. The van der Waals surface area contributed by atoms with Gasteiger partial charge in [-0.1, -0.05) is 18.2 Å². The molecule has 7 nitrogen and oxygen atoms in total. The van der Waals surface area contributed by atoms with Crippen LogP contribution in [0.5, 0.6) is 17.2 Å². The Bertz CT molecular complexity index is 789. The first-order chi connectivity index (χ1) is 12.5. The molecule has 2 rings (SSSR count). The van der Waals surface area contributed by atoms with Crippen molar-refractivity contribution >= 4 is 17.6 Å². The van der Waals surface area contributed by atoms with Crippen molar-refractivity contribution in [3.8, 4) is 17.2 Å². The molecule has 26 heavy (non-hydrogen) atoms. The van der Waals surface area contributed by atoms with E-state index >= 15 is 0 Å². The molecule has 0 aliphatic carbocycles. The van der Waals surface area contributed by atoms with Crippen molar-refractivity contribution in [2.45, 2.75) is 13.0 Å². The maximum absolute atomic E-state index is 12.4. The minimum absolute atomic E-state index is 0.170.